The lowest BCUT2D eigenvalue weighted by Gasteiger charge is -2.11. The van der Waals surface area contributed by atoms with E-state index in [1.54, 1.807) is 4.57 Å². The number of benzene rings is 2. The van der Waals surface area contributed by atoms with Gasteiger partial charge in [0.05, 0.1) is 18.7 Å². The standard InChI is InChI=1S/C22H26N2O3/c1-4-5-6-11-27-18-9-7-17(8-10-18)14-24-21-16(3)12-15(2)13-19(21)20(23-26)22(24)25/h7-10,12-13,25H,4-6,11,14H2,1-3H3. The molecule has 0 bridgehead atoms. The van der Waals surface area contributed by atoms with Gasteiger partial charge in [-0.2, -0.15) is 0 Å². The molecule has 0 aliphatic heterocycles. The molecule has 0 amide bonds. The molecule has 1 aromatic heterocycles. The van der Waals surface area contributed by atoms with Gasteiger partial charge in [0.2, 0.25) is 5.88 Å². The molecule has 0 saturated carbocycles. The van der Waals surface area contributed by atoms with Crippen molar-refractivity contribution in [1.29, 1.82) is 0 Å². The lowest BCUT2D eigenvalue weighted by atomic mass is 10.1. The molecule has 0 unspecified atom stereocenters. The quantitative estimate of drug-likeness (QED) is 0.394. The molecule has 0 saturated heterocycles. The van der Waals surface area contributed by atoms with Crippen LogP contribution in [0.2, 0.25) is 0 Å². The second-order valence-electron chi connectivity index (χ2n) is 7.03. The fraction of sp³-hybridized carbons (Fsp3) is 0.364. The summed E-state index contributed by atoms with van der Waals surface area (Å²) in [6.45, 7) is 7.30. The first kappa shape index (κ1) is 19.0. The Kier molecular flexibility index (Phi) is 5.79. The van der Waals surface area contributed by atoms with Crippen LogP contribution < -0.4 is 4.74 Å². The largest absolute Gasteiger partial charge is 0.494 e. The van der Waals surface area contributed by atoms with E-state index in [4.69, 9.17) is 4.74 Å². The van der Waals surface area contributed by atoms with Crippen molar-refractivity contribution in [2.24, 2.45) is 5.18 Å². The molecule has 3 aromatic rings. The molecule has 1 N–H and O–H groups in total. The summed E-state index contributed by atoms with van der Waals surface area (Å²) >= 11 is 0. The van der Waals surface area contributed by atoms with Crippen molar-refractivity contribution in [3.63, 3.8) is 0 Å². The van der Waals surface area contributed by atoms with E-state index in [-0.39, 0.29) is 11.6 Å². The lowest BCUT2D eigenvalue weighted by Crippen LogP contribution is -2.01. The lowest BCUT2D eigenvalue weighted by molar-refractivity contribution is 0.306. The summed E-state index contributed by atoms with van der Waals surface area (Å²) in [4.78, 5) is 11.3. The Bertz CT molecular complexity index is 943. The second kappa shape index (κ2) is 8.25. The molecule has 0 spiro atoms. The van der Waals surface area contributed by atoms with Crippen molar-refractivity contribution in [1.82, 2.24) is 4.57 Å². The Balaban J connectivity index is 1.86. The third-order valence-corrected chi connectivity index (χ3v) is 4.81. The Morgan fingerprint density at radius 3 is 2.52 bits per heavy atom. The van der Waals surface area contributed by atoms with Crippen molar-refractivity contribution in [3.8, 4) is 11.6 Å². The van der Waals surface area contributed by atoms with Crippen LogP contribution in [-0.2, 0) is 6.54 Å². The highest BCUT2D eigenvalue weighted by molar-refractivity contribution is 5.97. The monoisotopic (exact) mass is 366 g/mol. The molecule has 0 radical (unpaired) electrons. The zero-order chi connectivity index (χ0) is 19.4. The van der Waals surface area contributed by atoms with Crippen LogP contribution in [0.3, 0.4) is 0 Å². The van der Waals surface area contributed by atoms with E-state index in [0.717, 1.165) is 41.0 Å². The first-order valence-corrected chi connectivity index (χ1v) is 9.42. The zero-order valence-corrected chi connectivity index (χ0v) is 16.2. The van der Waals surface area contributed by atoms with Gasteiger partial charge >= 0.3 is 0 Å². The number of ether oxygens (including phenoxy) is 1. The molecular formula is C22H26N2O3. The number of aromatic nitrogens is 1. The molecule has 3 rings (SSSR count). The van der Waals surface area contributed by atoms with Gasteiger partial charge in [0.25, 0.3) is 0 Å². The number of nitroso groups, excluding NO2 is 1. The van der Waals surface area contributed by atoms with E-state index < -0.39 is 0 Å². The van der Waals surface area contributed by atoms with Crippen LogP contribution >= 0.6 is 0 Å². The molecule has 27 heavy (non-hydrogen) atoms. The zero-order valence-electron chi connectivity index (χ0n) is 16.2. The van der Waals surface area contributed by atoms with E-state index in [1.807, 2.05) is 50.2 Å². The number of unbranched alkanes of at least 4 members (excludes halogenated alkanes) is 2. The van der Waals surface area contributed by atoms with Gasteiger partial charge in [0.1, 0.15) is 5.75 Å². The van der Waals surface area contributed by atoms with Crippen LogP contribution in [0.4, 0.5) is 5.69 Å². The van der Waals surface area contributed by atoms with Gasteiger partial charge < -0.3 is 14.4 Å². The maximum Gasteiger partial charge on any atom is 0.222 e. The number of rotatable bonds is 8. The normalized spacial score (nSPS) is 11.1. The van der Waals surface area contributed by atoms with E-state index in [2.05, 4.69) is 12.1 Å². The maximum absolute atomic E-state index is 11.3. The van der Waals surface area contributed by atoms with Crippen LogP contribution in [0.15, 0.2) is 41.6 Å². The molecule has 0 atom stereocenters. The first-order valence-electron chi connectivity index (χ1n) is 9.42. The minimum atomic E-state index is -0.0893. The molecule has 1 heterocycles. The van der Waals surface area contributed by atoms with Crippen molar-refractivity contribution >= 4 is 16.6 Å². The van der Waals surface area contributed by atoms with Crippen molar-refractivity contribution in [2.75, 3.05) is 6.61 Å². The molecule has 2 aromatic carbocycles. The smallest absolute Gasteiger partial charge is 0.222 e. The summed E-state index contributed by atoms with van der Waals surface area (Å²) in [6, 6.07) is 11.8. The predicted octanol–water partition coefficient (Wildman–Crippen LogP) is 5.98. The molecule has 0 aliphatic carbocycles. The van der Waals surface area contributed by atoms with Crippen molar-refractivity contribution < 1.29 is 9.84 Å². The fourth-order valence-corrected chi connectivity index (χ4v) is 3.51. The summed E-state index contributed by atoms with van der Waals surface area (Å²) < 4.78 is 7.50. The third kappa shape index (κ3) is 3.97. The highest BCUT2D eigenvalue weighted by atomic mass is 16.5. The molecule has 5 heteroatoms. The van der Waals surface area contributed by atoms with E-state index in [1.165, 1.54) is 12.8 Å². The predicted molar refractivity (Wildman–Crippen MR) is 109 cm³/mol. The second-order valence-corrected chi connectivity index (χ2v) is 7.03. The van der Waals surface area contributed by atoms with Crippen molar-refractivity contribution in [2.45, 2.75) is 46.6 Å². The summed E-state index contributed by atoms with van der Waals surface area (Å²) in [7, 11) is 0. The third-order valence-electron chi connectivity index (χ3n) is 4.81. The Hall–Kier alpha value is -2.82. The maximum atomic E-state index is 11.3. The summed E-state index contributed by atoms with van der Waals surface area (Å²) in [6.07, 6.45) is 3.40. The van der Waals surface area contributed by atoms with Crippen LogP contribution in [0.1, 0.15) is 42.9 Å². The van der Waals surface area contributed by atoms with Gasteiger partial charge in [-0.3, -0.25) is 0 Å². The minimum Gasteiger partial charge on any atom is -0.494 e. The SMILES string of the molecule is CCCCCOc1ccc(Cn2c(O)c(N=O)c3cc(C)cc(C)c32)cc1. The highest BCUT2D eigenvalue weighted by Gasteiger charge is 2.19. The topological polar surface area (TPSA) is 63.8 Å². The van der Waals surface area contributed by atoms with Gasteiger partial charge in [-0.25, -0.2) is 0 Å². The number of fused-ring (bicyclic) bond motifs is 1. The van der Waals surface area contributed by atoms with Gasteiger partial charge in [-0.1, -0.05) is 43.5 Å². The Labute approximate surface area is 159 Å². The molecule has 5 nitrogen and oxygen atoms in total. The Morgan fingerprint density at radius 2 is 1.85 bits per heavy atom. The molecule has 0 aliphatic rings. The van der Waals surface area contributed by atoms with E-state index >= 15 is 0 Å². The minimum absolute atomic E-state index is 0.0893. The fourth-order valence-electron chi connectivity index (χ4n) is 3.51. The van der Waals surface area contributed by atoms with E-state index in [9.17, 15) is 10.0 Å². The van der Waals surface area contributed by atoms with E-state index in [0.29, 0.717) is 11.9 Å². The number of hydrogen-bond acceptors (Lipinski definition) is 4. The van der Waals surface area contributed by atoms with Crippen LogP contribution in [0.25, 0.3) is 10.9 Å². The van der Waals surface area contributed by atoms with Gasteiger partial charge in [-0.15, -0.1) is 4.91 Å². The number of aromatic hydroxyl groups is 1. The molecule has 0 fully saturated rings. The number of nitrogens with zero attached hydrogens (tertiary/aromatic N) is 2. The summed E-state index contributed by atoms with van der Waals surface area (Å²) in [5.41, 5.74) is 4.00. The number of hydrogen-bond donors (Lipinski definition) is 1. The molecule has 142 valence electrons. The van der Waals surface area contributed by atoms with Gasteiger partial charge in [-0.05, 0) is 54.8 Å². The van der Waals surface area contributed by atoms with Gasteiger partial charge in [0.15, 0.2) is 5.69 Å². The number of aryl methyl sites for hydroxylation is 2. The van der Waals surface area contributed by atoms with Gasteiger partial charge in [0, 0.05) is 5.39 Å². The summed E-state index contributed by atoms with van der Waals surface area (Å²) in [5.74, 6) is 0.757. The van der Waals surface area contributed by atoms with Crippen LogP contribution in [-0.4, -0.2) is 16.3 Å². The molecular weight excluding hydrogens is 340 g/mol. The van der Waals surface area contributed by atoms with Crippen LogP contribution in [0.5, 0.6) is 11.6 Å². The Morgan fingerprint density at radius 1 is 1.11 bits per heavy atom. The van der Waals surface area contributed by atoms with Crippen molar-refractivity contribution in [3.05, 3.63) is 58.0 Å². The first-order chi connectivity index (χ1) is 13.0. The summed E-state index contributed by atoms with van der Waals surface area (Å²) in [5, 5.41) is 14.3. The highest BCUT2D eigenvalue weighted by Crippen LogP contribution is 2.40. The average Bonchev–Trinajstić information content (AvgIpc) is 2.91. The average molecular weight is 366 g/mol. The van der Waals surface area contributed by atoms with Crippen LogP contribution in [0, 0.1) is 18.8 Å².